The predicted molar refractivity (Wildman–Crippen MR) is 126 cm³/mol. The standard InChI is InChI=1S/C29H26O3/c30-24-14-10-22(11-15-24)29(19-21-7-3-5-20-6-4-8-26(29)28(20)21)23-12-16-25(17-13-23)32-27-9-1-2-18-31-27/h3-8,10-17,27,30H,1-2,9,18-19H2. The van der Waals surface area contributed by atoms with Crippen molar-refractivity contribution in [1.82, 2.24) is 0 Å². The number of phenols is 1. The van der Waals surface area contributed by atoms with Crippen molar-refractivity contribution in [1.29, 1.82) is 0 Å². The molecule has 3 nitrogen and oxygen atoms in total. The molecule has 1 saturated heterocycles. The molecule has 1 aliphatic carbocycles. The molecule has 6 rings (SSSR count). The molecule has 0 aromatic heterocycles. The van der Waals surface area contributed by atoms with Crippen LogP contribution in [-0.4, -0.2) is 18.0 Å². The van der Waals surface area contributed by atoms with Crippen LogP contribution >= 0.6 is 0 Å². The Hall–Kier alpha value is -3.30. The van der Waals surface area contributed by atoms with Crippen LogP contribution in [-0.2, 0) is 16.6 Å². The molecule has 4 aromatic carbocycles. The maximum Gasteiger partial charge on any atom is 0.199 e. The van der Waals surface area contributed by atoms with E-state index in [2.05, 4.69) is 72.8 Å². The van der Waals surface area contributed by atoms with Crippen LogP contribution < -0.4 is 4.74 Å². The molecule has 3 heteroatoms. The molecule has 2 unspecified atom stereocenters. The summed E-state index contributed by atoms with van der Waals surface area (Å²) >= 11 is 0. The van der Waals surface area contributed by atoms with Crippen molar-refractivity contribution >= 4 is 10.8 Å². The Morgan fingerprint density at radius 3 is 2.25 bits per heavy atom. The predicted octanol–water partition coefficient (Wildman–Crippen LogP) is 6.34. The quantitative estimate of drug-likeness (QED) is 0.417. The molecule has 160 valence electrons. The zero-order valence-electron chi connectivity index (χ0n) is 18.0. The lowest BCUT2D eigenvalue weighted by atomic mass is 9.69. The molecule has 1 fully saturated rings. The molecule has 32 heavy (non-hydrogen) atoms. The number of hydrogen-bond acceptors (Lipinski definition) is 3. The van der Waals surface area contributed by atoms with E-state index >= 15 is 0 Å². The molecule has 0 spiro atoms. The molecule has 0 radical (unpaired) electrons. The van der Waals surface area contributed by atoms with Gasteiger partial charge in [0, 0.05) is 11.8 Å². The van der Waals surface area contributed by atoms with E-state index in [4.69, 9.17) is 9.47 Å². The van der Waals surface area contributed by atoms with E-state index in [9.17, 15) is 5.11 Å². The summed E-state index contributed by atoms with van der Waals surface area (Å²) in [6.45, 7) is 0.773. The van der Waals surface area contributed by atoms with Crippen LogP contribution in [0.1, 0.15) is 41.5 Å². The third-order valence-corrected chi connectivity index (χ3v) is 7.02. The van der Waals surface area contributed by atoms with E-state index < -0.39 is 0 Å². The third-order valence-electron chi connectivity index (χ3n) is 7.02. The highest BCUT2D eigenvalue weighted by molar-refractivity contribution is 5.94. The van der Waals surface area contributed by atoms with Gasteiger partial charge in [0.05, 0.1) is 6.61 Å². The number of phenolic OH excluding ortho intramolecular Hbond substituents is 1. The summed E-state index contributed by atoms with van der Waals surface area (Å²) in [7, 11) is 0. The van der Waals surface area contributed by atoms with Crippen molar-refractivity contribution in [2.45, 2.75) is 37.4 Å². The molecule has 1 heterocycles. The fourth-order valence-electron chi connectivity index (χ4n) is 5.50. The SMILES string of the molecule is Oc1ccc(C2(c3ccc(OC4CCCCO4)cc3)Cc3cccc4cccc2c34)cc1. The summed E-state index contributed by atoms with van der Waals surface area (Å²) in [6.07, 6.45) is 3.94. The maximum atomic E-state index is 9.94. The molecular formula is C29H26O3. The van der Waals surface area contributed by atoms with E-state index in [0.29, 0.717) is 0 Å². The highest BCUT2D eigenvalue weighted by Gasteiger charge is 2.42. The highest BCUT2D eigenvalue weighted by atomic mass is 16.7. The Kier molecular flexibility index (Phi) is 4.65. The Labute approximate surface area is 188 Å². The van der Waals surface area contributed by atoms with Gasteiger partial charge in [-0.05, 0) is 76.6 Å². The minimum atomic E-state index is -0.309. The Balaban J connectivity index is 1.47. The first-order chi connectivity index (χ1) is 15.7. The number of aromatic hydroxyl groups is 1. The molecule has 4 aromatic rings. The van der Waals surface area contributed by atoms with Crippen LogP contribution in [0, 0.1) is 0 Å². The van der Waals surface area contributed by atoms with Crippen molar-refractivity contribution in [3.8, 4) is 11.5 Å². The average Bonchev–Trinajstić information content (AvgIpc) is 3.18. The van der Waals surface area contributed by atoms with Crippen molar-refractivity contribution in [3.05, 3.63) is 107 Å². The summed E-state index contributed by atoms with van der Waals surface area (Å²) < 4.78 is 11.8. The van der Waals surface area contributed by atoms with E-state index in [-0.39, 0.29) is 17.5 Å². The Morgan fingerprint density at radius 1 is 0.812 bits per heavy atom. The summed E-state index contributed by atoms with van der Waals surface area (Å²) in [4.78, 5) is 0. The van der Waals surface area contributed by atoms with Crippen molar-refractivity contribution < 1.29 is 14.6 Å². The number of hydrogen-bond donors (Lipinski definition) is 1. The fourth-order valence-corrected chi connectivity index (χ4v) is 5.50. The third kappa shape index (κ3) is 3.08. The molecule has 0 bridgehead atoms. The lowest BCUT2D eigenvalue weighted by Crippen LogP contribution is -2.29. The van der Waals surface area contributed by atoms with E-state index in [1.807, 2.05) is 0 Å². The van der Waals surface area contributed by atoms with Crippen LogP contribution in [0.4, 0.5) is 0 Å². The van der Waals surface area contributed by atoms with E-state index in [0.717, 1.165) is 38.0 Å². The smallest absolute Gasteiger partial charge is 0.199 e. The van der Waals surface area contributed by atoms with Gasteiger partial charge in [-0.15, -0.1) is 0 Å². The largest absolute Gasteiger partial charge is 0.508 e. The summed E-state index contributed by atoms with van der Waals surface area (Å²) in [5.74, 6) is 1.13. The van der Waals surface area contributed by atoms with Gasteiger partial charge in [0.1, 0.15) is 11.5 Å². The summed E-state index contributed by atoms with van der Waals surface area (Å²) in [6, 6.07) is 29.4. The first-order valence-electron chi connectivity index (χ1n) is 11.4. The second-order valence-electron chi connectivity index (χ2n) is 8.89. The van der Waals surface area contributed by atoms with Crippen molar-refractivity contribution in [2.24, 2.45) is 0 Å². The second-order valence-corrected chi connectivity index (χ2v) is 8.89. The number of benzene rings is 4. The normalized spacial score (nSPS) is 22.2. The maximum absolute atomic E-state index is 9.94. The van der Waals surface area contributed by atoms with Gasteiger partial charge in [-0.2, -0.15) is 0 Å². The molecule has 2 atom stereocenters. The molecule has 1 N–H and O–H groups in total. The van der Waals surface area contributed by atoms with Crippen molar-refractivity contribution in [2.75, 3.05) is 6.61 Å². The van der Waals surface area contributed by atoms with Crippen LogP contribution in [0.25, 0.3) is 10.8 Å². The monoisotopic (exact) mass is 422 g/mol. The number of ether oxygens (including phenoxy) is 2. The van der Waals surface area contributed by atoms with Gasteiger partial charge < -0.3 is 14.6 Å². The second kappa shape index (κ2) is 7.68. The van der Waals surface area contributed by atoms with Gasteiger partial charge in [-0.1, -0.05) is 60.7 Å². The van der Waals surface area contributed by atoms with Crippen LogP contribution in [0.2, 0.25) is 0 Å². The van der Waals surface area contributed by atoms with Crippen molar-refractivity contribution in [3.63, 3.8) is 0 Å². The lowest BCUT2D eigenvalue weighted by molar-refractivity contribution is -0.105. The van der Waals surface area contributed by atoms with Gasteiger partial charge in [0.15, 0.2) is 6.29 Å². The van der Waals surface area contributed by atoms with Gasteiger partial charge in [0.2, 0.25) is 0 Å². The molecule has 0 amide bonds. The van der Waals surface area contributed by atoms with E-state index in [1.54, 1.807) is 12.1 Å². The Bertz CT molecular complexity index is 1250. The summed E-state index contributed by atoms with van der Waals surface area (Å²) in [5.41, 5.74) is 4.78. The van der Waals surface area contributed by atoms with Gasteiger partial charge in [-0.25, -0.2) is 0 Å². The molecule has 0 saturated carbocycles. The lowest BCUT2D eigenvalue weighted by Gasteiger charge is -2.33. The minimum Gasteiger partial charge on any atom is -0.508 e. The van der Waals surface area contributed by atoms with Gasteiger partial charge in [0.25, 0.3) is 0 Å². The van der Waals surface area contributed by atoms with Gasteiger partial charge >= 0.3 is 0 Å². The average molecular weight is 423 g/mol. The highest BCUT2D eigenvalue weighted by Crippen LogP contribution is 2.51. The van der Waals surface area contributed by atoms with Crippen LogP contribution in [0.3, 0.4) is 0 Å². The Morgan fingerprint density at radius 2 is 1.53 bits per heavy atom. The fraction of sp³-hybridized carbons (Fsp3) is 0.241. The zero-order valence-corrected chi connectivity index (χ0v) is 18.0. The van der Waals surface area contributed by atoms with Gasteiger partial charge in [-0.3, -0.25) is 0 Å². The topological polar surface area (TPSA) is 38.7 Å². The molecule has 2 aliphatic rings. The molecular weight excluding hydrogens is 396 g/mol. The van der Waals surface area contributed by atoms with Crippen LogP contribution in [0.5, 0.6) is 11.5 Å². The van der Waals surface area contributed by atoms with E-state index in [1.165, 1.54) is 33.0 Å². The molecule has 1 aliphatic heterocycles. The summed E-state index contributed by atoms with van der Waals surface area (Å²) in [5, 5.41) is 12.6. The first-order valence-corrected chi connectivity index (χ1v) is 11.4. The minimum absolute atomic E-state index is 0.148. The number of rotatable bonds is 4. The van der Waals surface area contributed by atoms with Crippen LogP contribution in [0.15, 0.2) is 84.9 Å². The first kappa shape index (κ1) is 19.4. The zero-order chi connectivity index (χ0) is 21.5.